The standard InChI is InChI=1S/C14H14O4/c1-2-17-13(16)14(10-12(15)8-9-18-14)11-6-4-3-5-7-11/h3-9H,2,10H2,1H3/t14-/m1/s1. The molecule has 0 N–H and O–H groups in total. The lowest BCUT2D eigenvalue weighted by Crippen LogP contribution is -2.42. The Morgan fingerprint density at radius 1 is 1.39 bits per heavy atom. The van der Waals surface area contributed by atoms with E-state index in [1.165, 1.54) is 12.3 Å². The fourth-order valence-electron chi connectivity index (χ4n) is 1.94. The quantitative estimate of drug-likeness (QED) is 0.765. The first kappa shape index (κ1) is 12.4. The third-order valence-corrected chi connectivity index (χ3v) is 2.79. The van der Waals surface area contributed by atoms with Gasteiger partial charge >= 0.3 is 5.97 Å². The minimum absolute atomic E-state index is 0.0354. The lowest BCUT2D eigenvalue weighted by Gasteiger charge is -2.32. The van der Waals surface area contributed by atoms with Crippen LogP contribution in [0.4, 0.5) is 0 Å². The van der Waals surface area contributed by atoms with E-state index in [-0.39, 0.29) is 18.8 Å². The van der Waals surface area contributed by atoms with E-state index in [9.17, 15) is 9.59 Å². The van der Waals surface area contributed by atoms with Crippen LogP contribution in [0.5, 0.6) is 0 Å². The lowest BCUT2D eigenvalue weighted by atomic mass is 9.87. The Labute approximate surface area is 105 Å². The highest BCUT2D eigenvalue weighted by Crippen LogP contribution is 2.34. The number of allylic oxidation sites excluding steroid dienone is 1. The fraction of sp³-hybridized carbons (Fsp3) is 0.286. The van der Waals surface area contributed by atoms with Crippen molar-refractivity contribution in [2.24, 2.45) is 0 Å². The van der Waals surface area contributed by atoms with Crippen LogP contribution in [0.3, 0.4) is 0 Å². The van der Waals surface area contributed by atoms with E-state index in [0.29, 0.717) is 5.56 Å². The van der Waals surface area contributed by atoms with E-state index in [2.05, 4.69) is 0 Å². The molecule has 0 radical (unpaired) electrons. The Hall–Kier alpha value is -2.10. The van der Waals surface area contributed by atoms with Gasteiger partial charge in [0, 0.05) is 11.6 Å². The van der Waals surface area contributed by atoms with Gasteiger partial charge in [0.2, 0.25) is 5.60 Å². The second kappa shape index (κ2) is 5.04. The predicted octanol–water partition coefficient (Wildman–Crippen LogP) is 1.95. The summed E-state index contributed by atoms with van der Waals surface area (Å²) in [6.07, 6.45) is 2.54. The summed E-state index contributed by atoms with van der Waals surface area (Å²) in [6.45, 7) is 1.96. The van der Waals surface area contributed by atoms with Crippen LogP contribution in [0.15, 0.2) is 42.7 Å². The smallest absolute Gasteiger partial charge is 0.355 e. The largest absolute Gasteiger partial charge is 0.478 e. The Morgan fingerprint density at radius 2 is 2.11 bits per heavy atom. The maximum atomic E-state index is 12.1. The number of hydrogen-bond acceptors (Lipinski definition) is 4. The van der Waals surface area contributed by atoms with Crippen molar-refractivity contribution in [3.05, 3.63) is 48.2 Å². The number of ketones is 1. The van der Waals surface area contributed by atoms with Gasteiger partial charge in [-0.2, -0.15) is 0 Å². The highest BCUT2D eigenvalue weighted by Gasteiger charge is 2.46. The van der Waals surface area contributed by atoms with Crippen LogP contribution in [0.2, 0.25) is 0 Å². The molecular weight excluding hydrogens is 232 g/mol. The number of rotatable bonds is 3. The normalized spacial score (nSPS) is 22.4. The maximum absolute atomic E-state index is 12.1. The summed E-state index contributed by atoms with van der Waals surface area (Å²) < 4.78 is 10.5. The van der Waals surface area contributed by atoms with Crippen LogP contribution in [-0.2, 0) is 24.7 Å². The molecule has 1 aliphatic rings. The molecule has 0 fully saturated rings. The molecule has 1 atom stereocenters. The number of esters is 1. The SMILES string of the molecule is CCOC(=O)[C@]1(c2ccccc2)CC(=O)C=CO1. The van der Waals surface area contributed by atoms with Crippen molar-refractivity contribution in [2.75, 3.05) is 6.61 Å². The number of ether oxygens (including phenoxy) is 2. The summed E-state index contributed by atoms with van der Waals surface area (Å²) in [5, 5.41) is 0. The van der Waals surface area contributed by atoms with Crippen molar-refractivity contribution in [1.82, 2.24) is 0 Å². The first-order chi connectivity index (χ1) is 8.69. The topological polar surface area (TPSA) is 52.6 Å². The fourth-order valence-corrected chi connectivity index (χ4v) is 1.94. The zero-order valence-electron chi connectivity index (χ0n) is 10.1. The van der Waals surface area contributed by atoms with Crippen molar-refractivity contribution in [2.45, 2.75) is 18.9 Å². The monoisotopic (exact) mass is 246 g/mol. The van der Waals surface area contributed by atoms with Crippen LogP contribution in [0.1, 0.15) is 18.9 Å². The number of carbonyl (C=O) groups excluding carboxylic acids is 2. The van der Waals surface area contributed by atoms with E-state index >= 15 is 0 Å². The lowest BCUT2D eigenvalue weighted by molar-refractivity contribution is -0.170. The molecule has 4 nitrogen and oxygen atoms in total. The molecule has 0 saturated carbocycles. The number of carbonyl (C=O) groups is 2. The van der Waals surface area contributed by atoms with Gasteiger partial charge in [-0.15, -0.1) is 0 Å². The van der Waals surface area contributed by atoms with Gasteiger partial charge in [0.25, 0.3) is 0 Å². The molecule has 1 aliphatic heterocycles. The van der Waals surface area contributed by atoms with E-state index in [1.54, 1.807) is 31.2 Å². The maximum Gasteiger partial charge on any atom is 0.355 e. The summed E-state index contributed by atoms with van der Waals surface area (Å²) >= 11 is 0. The Bertz CT molecular complexity index is 478. The van der Waals surface area contributed by atoms with E-state index in [1.807, 2.05) is 6.07 Å². The van der Waals surface area contributed by atoms with Crippen molar-refractivity contribution in [3.8, 4) is 0 Å². The van der Waals surface area contributed by atoms with E-state index in [4.69, 9.17) is 9.47 Å². The molecule has 1 aromatic carbocycles. The summed E-state index contributed by atoms with van der Waals surface area (Å²) in [7, 11) is 0. The number of benzene rings is 1. The molecule has 0 aromatic heterocycles. The average molecular weight is 246 g/mol. The van der Waals surface area contributed by atoms with Gasteiger partial charge in [0.15, 0.2) is 5.78 Å². The molecule has 18 heavy (non-hydrogen) atoms. The van der Waals surface area contributed by atoms with Gasteiger partial charge in [0.05, 0.1) is 19.3 Å². The summed E-state index contributed by atoms with van der Waals surface area (Å²) in [4.78, 5) is 23.7. The molecule has 0 amide bonds. The highest BCUT2D eigenvalue weighted by atomic mass is 16.6. The Morgan fingerprint density at radius 3 is 2.72 bits per heavy atom. The minimum Gasteiger partial charge on any atom is -0.478 e. The molecule has 0 bridgehead atoms. The van der Waals surface area contributed by atoms with Crippen LogP contribution in [0, 0.1) is 0 Å². The summed E-state index contributed by atoms with van der Waals surface area (Å²) in [6, 6.07) is 8.93. The third-order valence-electron chi connectivity index (χ3n) is 2.79. The predicted molar refractivity (Wildman–Crippen MR) is 64.6 cm³/mol. The van der Waals surface area contributed by atoms with Crippen molar-refractivity contribution in [3.63, 3.8) is 0 Å². The zero-order valence-corrected chi connectivity index (χ0v) is 10.1. The summed E-state index contributed by atoms with van der Waals surface area (Å²) in [5.74, 6) is -0.688. The molecule has 0 unspecified atom stereocenters. The first-order valence-electron chi connectivity index (χ1n) is 5.79. The van der Waals surface area contributed by atoms with Gasteiger partial charge in [-0.25, -0.2) is 4.79 Å². The molecule has 94 valence electrons. The molecule has 0 saturated heterocycles. The van der Waals surface area contributed by atoms with Crippen molar-refractivity contribution < 1.29 is 19.1 Å². The van der Waals surface area contributed by atoms with Crippen LogP contribution >= 0.6 is 0 Å². The second-order valence-corrected chi connectivity index (χ2v) is 3.98. The first-order valence-corrected chi connectivity index (χ1v) is 5.79. The molecule has 0 aliphatic carbocycles. The van der Waals surface area contributed by atoms with E-state index in [0.717, 1.165) is 0 Å². The molecule has 1 aromatic rings. The molecule has 2 rings (SSSR count). The number of hydrogen-bond donors (Lipinski definition) is 0. The van der Waals surface area contributed by atoms with Crippen molar-refractivity contribution >= 4 is 11.8 Å². The third kappa shape index (κ3) is 2.14. The Kier molecular flexibility index (Phi) is 3.46. The summed E-state index contributed by atoms with van der Waals surface area (Å²) in [5.41, 5.74) is -0.718. The van der Waals surface area contributed by atoms with Crippen LogP contribution in [0.25, 0.3) is 0 Å². The molecule has 1 heterocycles. The highest BCUT2D eigenvalue weighted by molar-refractivity contribution is 5.96. The molecule has 4 heteroatoms. The molecule has 0 spiro atoms. The zero-order chi connectivity index (χ0) is 13.0. The average Bonchev–Trinajstić information content (AvgIpc) is 2.40. The molecular formula is C14H14O4. The van der Waals surface area contributed by atoms with Gasteiger partial charge < -0.3 is 9.47 Å². The minimum atomic E-state index is -1.34. The van der Waals surface area contributed by atoms with Gasteiger partial charge in [0.1, 0.15) is 0 Å². The van der Waals surface area contributed by atoms with E-state index < -0.39 is 11.6 Å². The van der Waals surface area contributed by atoms with Crippen LogP contribution in [-0.4, -0.2) is 18.4 Å². The second-order valence-electron chi connectivity index (χ2n) is 3.98. The van der Waals surface area contributed by atoms with Gasteiger partial charge in [-0.05, 0) is 6.92 Å². The Balaban J connectivity index is 2.44. The van der Waals surface area contributed by atoms with Crippen molar-refractivity contribution in [1.29, 1.82) is 0 Å². The van der Waals surface area contributed by atoms with Gasteiger partial charge in [-0.3, -0.25) is 4.79 Å². The van der Waals surface area contributed by atoms with Crippen LogP contribution < -0.4 is 0 Å². The van der Waals surface area contributed by atoms with Gasteiger partial charge in [-0.1, -0.05) is 30.3 Å².